The molecule has 0 fully saturated rings. The van der Waals surface area contributed by atoms with Gasteiger partial charge in [-0.3, -0.25) is 15.0 Å². The maximum absolute atomic E-state index is 12.9. The molecule has 31 heavy (non-hydrogen) atoms. The summed E-state index contributed by atoms with van der Waals surface area (Å²) in [4.78, 5) is 27.3. The molecule has 0 saturated heterocycles. The van der Waals surface area contributed by atoms with Crippen molar-refractivity contribution < 1.29 is 13.2 Å². The second-order valence-corrected chi connectivity index (χ2v) is 9.65. The highest BCUT2D eigenvalue weighted by Crippen LogP contribution is 2.33. The van der Waals surface area contributed by atoms with Crippen LogP contribution in [0.5, 0.6) is 0 Å². The van der Waals surface area contributed by atoms with Gasteiger partial charge in [-0.1, -0.05) is 41.4 Å². The Morgan fingerprint density at radius 2 is 1.74 bits per heavy atom. The molecule has 0 saturated carbocycles. The first kappa shape index (κ1) is 23.2. The van der Waals surface area contributed by atoms with Gasteiger partial charge in [0.15, 0.2) is 5.69 Å². The lowest BCUT2D eigenvalue weighted by Gasteiger charge is -2.16. The molecule has 0 bridgehead atoms. The Bertz CT molecular complexity index is 1340. The second kappa shape index (κ2) is 8.58. The van der Waals surface area contributed by atoms with Crippen molar-refractivity contribution in [2.45, 2.75) is 38.6 Å². The van der Waals surface area contributed by atoms with E-state index in [0.29, 0.717) is 16.3 Å². The predicted molar refractivity (Wildman–Crippen MR) is 120 cm³/mol. The standard InChI is InChI=1S/C20H20Cl2N4O4S/c1-10(2)26-20(28)14-8-6-5-7-13(14)17(24-26)19(27)23-25-31(29,30)18-12(4)15(21)9-11(3)16(18)22/h5-10,25H,1-4H3,(H,23,27). The maximum Gasteiger partial charge on any atom is 0.287 e. The van der Waals surface area contributed by atoms with Crippen LogP contribution in [0.15, 0.2) is 40.0 Å². The zero-order chi connectivity index (χ0) is 23.1. The van der Waals surface area contributed by atoms with Gasteiger partial charge in [-0.2, -0.15) is 5.10 Å². The maximum atomic E-state index is 12.9. The molecule has 0 aliphatic rings. The number of aryl methyl sites for hydroxylation is 1. The Labute approximate surface area is 189 Å². The van der Waals surface area contributed by atoms with Gasteiger partial charge in [-0.25, -0.2) is 13.1 Å². The molecule has 3 aromatic rings. The van der Waals surface area contributed by atoms with Crippen LogP contribution in [0.25, 0.3) is 10.8 Å². The zero-order valence-electron chi connectivity index (χ0n) is 17.2. The normalized spacial score (nSPS) is 11.8. The predicted octanol–water partition coefficient (Wildman–Crippen LogP) is 3.52. The Morgan fingerprint density at radius 1 is 1.13 bits per heavy atom. The van der Waals surface area contributed by atoms with Gasteiger partial charge in [0.05, 0.1) is 16.5 Å². The summed E-state index contributed by atoms with van der Waals surface area (Å²) in [5.41, 5.74) is 2.42. The number of amides is 1. The summed E-state index contributed by atoms with van der Waals surface area (Å²) >= 11 is 12.3. The van der Waals surface area contributed by atoms with Crippen LogP contribution in [0.4, 0.5) is 0 Å². The van der Waals surface area contributed by atoms with E-state index in [-0.39, 0.29) is 37.8 Å². The fourth-order valence-corrected chi connectivity index (χ4v) is 5.14. The molecule has 8 nitrogen and oxygen atoms in total. The molecule has 0 atom stereocenters. The average Bonchev–Trinajstić information content (AvgIpc) is 2.71. The molecule has 3 rings (SSSR count). The minimum atomic E-state index is -4.25. The number of carbonyl (C=O) groups excluding carboxylic acids is 1. The third kappa shape index (κ3) is 4.31. The number of nitrogens with zero attached hydrogens (tertiary/aromatic N) is 2. The van der Waals surface area contributed by atoms with Crippen molar-refractivity contribution in [1.82, 2.24) is 20.0 Å². The summed E-state index contributed by atoms with van der Waals surface area (Å²) in [7, 11) is -4.25. The van der Waals surface area contributed by atoms with Crippen molar-refractivity contribution in [2.75, 3.05) is 0 Å². The number of nitrogens with one attached hydrogen (secondary N) is 2. The lowest BCUT2D eigenvalue weighted by atomic mass is 10.1. The molecular formula is C20H20Cl2N4O4S. The molecule has 11 heteroatoms. The molecular weight excluding hydrogens is 463 g/mol. The van der Waals surface area contributed by atoms with Crippen LogP contribution in [0.3, 0.4) is 0 Å². The van der Waals surface area contributed by atoms with Crippen LogP contribution in [0.1, 0.15) is 41.5 Å². The number of sulfonamides is 1. The van der Waals surface area contributed by atoms with Crippen molar-refractivity contribution >= 4 is 49.9 Å². The van der Waals surface area contributed by atoms with Crippen LogP contribution in [-0.2, 0) is 10.0 Å². The first-order valence-electron chi connectivity index (χ1n) is 9.24. The van der Waals surface area contributed by atoms with Crippen LogP contribution in [0, 0.1) is 13.8 Å². The second-order valence-electron chi connectivity index (χ2n) is 7.24. The molecule has 0 unspecified atom stereocenters. The molecule has 164 valence electrons. The van der Waals surface area contributed by atoms with Crippen molar-refractivity contribution in [3.05, 3.63) is 67.6 Å². The van der Waals surface area contributed by atoms with Gasteiger partial charge in [0.25, 0.3) is 21.5 Å². The molecule has 2 N–H and O–H groups in total. The highest BCUT2D eigenvalue weighted by molar-refractivity contribution is 7.89. The number of aromatic nitrogens is 2. The van der Waals surface area contributed by atoms with Crippen LogP contribution in [-0.4, -0.2) is 24.1 Å². The Hall–Kier alpha value is -2.46. The van der Waals surface area contributed by atoms with Crippen molar-refractivity contribution in [1.29, 1.82) is 0 Å². The fraction of sp³-hybridized carbons (Fsp3) is 0.250. The molecule has 1 aromatic heterocycles. The lowest BCUT2D eigenvalue weighted by molar-refractivity contribution is 0.0939. The monoisotopic (exact) mass is 482 g/mol. The molecule has 0 aliphatic heterocycles. The lowest BCUT2D eigenvalue weighted by Crippen LogP contribution is -2.43. The van der Waals surface area contributed by atoms with Gasteiger partial charge in [-0.15, -0.1) is 4.83 Å². The summed E-state index contributed by atoms with van der Waals surface area (Å²) in [6.45, 7) is 6.63. The first-order valence-corrected chi connectivity index (χ1v) is 11.5. The number of carbonyl (C=O) groups is 1. The summed E-state index contributed by atoms with van der Waals surface area (Å²) in [5, 5.41) is 4.97. The number of rotatable bonds is 5. The molecule has 0 aliphatic carbocycles. The minimum absolute atomic E-state index is 0.000538. The number of hydrogen-bond donors (Lipinski definition) is 2. The van der Waals surface area contributed by atoms with E-state index in [1.54, 1.807) is 51.1 Å². The summed E-state index contributed by atoms with van der Waals surface area (Å²) in [6.07, 6.45) is 0. The van der Waals surface area contributed by atoms with Gasteiger partial charge < -0.3 is 0 Å². The number of hydrogen-bond acceptors (Lipinski definition) is 5. The topological polar surface area (TPSA) is 110 Å². The van der Waals surface area contributed by atoms with Crippen LogP contribution >= 0.6 is 23.2 Å². The van der Waals surface area contributed by atoms with E-state index in [1.165, 1.54) is 11.6 Å². The van der Waals surface area contributed by atoms with Crippen molar-refractivity contribution in [3.63, 3.8) is 0 Å². The minimum Gasteiger partial charge on any atom is -0.272 e. The first-order chi connectivity index (χ1) is 14.5. The van der Waals surface area contributed by atoms with E-state index >= 15 is 0 Å². The molecule has 2 aromatic carbocycles. The van der Waals surface area contributed by atoms with Crippen LogP contribution in [0.2, 0.25) is 10.0 Å². The van der Waals surface area contributed by atoms with E-state index in [0.717, 1.165) is 0 Å². The SMILES string of the molecule is Cc1cc(Cl)c(C)c(S(=O)(=O)NNC(=O)c2nn(C(C)C)c(=O)c3ccccc23)c1Cl. The van der Waals surface area contributed by atoms with Gasteiger partial charge in [0, 0.05) is 10.4 Å². The van der Waals surface area contributed by atoms with Gasteiger partial charge in [0.2, 0.25) is 0 Å². The highest BCUT2D eigenvalue weighted by atomic mass is 35.5. The summed E-state index contributed by atoms with van der Waals surface area (Å²) < 4.78 is 26.9. The number of fused-ring (bicyclic) bond motifs is 1. The molecule has 0 spiro atoms. The third-order valence-electron chi connectivity index (χ3n) is 4.69. The van der Waals surface area contributed by atoms with E-state index < -0.39 is 15.9 Å². The van der Waals surface area contributed by atoms with Gasteiger partial charge >= 0.3 is 0 Å². The van der Waals surface area contributed by atoms with E-state index in [4.69, 9.17) is 23.2 Å². The van der Waals surface area contributed by atoms with Gasteiger partial charge in [0.1, 0.15) is 4.90 Å². The zero-order valence-corrected chi connectivity index (χ0v) is 19.5. The summed E-state index contributed by atoms with van der Waals surface area (Å²) in [6, 6.07) is 7.72. The van der Waals surface area contributed by atoms with E-state index in [2.05, 4.69) is 10.5 Å². The number of benzene rings is 2. The average molecular weight is 483 g/mol. The van der Waals surface area contributed by atoms with Crippen molar-refractivity contribution in [3.8, 4) is 0 Å². The molecule has 1 heterocycles. The summed E-state index contributed by atoms with van der Waals surface area (Å²) in [5.74, 6) is -0.832. The van der Waals surface area contributed by atoms with Crippen molar-refractivity contribution in [2.24, 2.45) is 0 Å². The van der Waals surface area contributed by atoms with Crippen LogP contribution < -0.4 is 15.8 Å². The fourth-order valence-electron chi connectivity index (χ4n) is 3.08. The molecule has 0 radical (unpaired) electrons. The van der Waals surface area contributed by atoms with E-state index in [1.807, 2.05) is 4.83 Å². The quantitative estimate of drug-likeness (QED) is 0.540. The number of halogens is 2. The van der Waals surface area contributed by atoms with Gasteiger partial charge in [-0.05, 0) is 51.0 Å². The largest absolute Gasteiger partial charge is 0.287 e. The smallest absolute Gasteiger partial charge is 0.272 e. The Kier molecular flexibility index (Phi) is 6.43. The van der Waals surface area contributed by atoms with E-state index in [9.17, 15) is 18.0 Å². The Morgan fingerprint density at radius 3 is 2.35 bits per heavy atom. The Balaban J connectivity index is 2.01. The number of hydrazine groups is 1. The third-order valence-corrected chi connectivity index (χ3v) is 7.10. The highest BCUT2D eigenvalue weighted by Gasteiger charge is 2.26. The molecule has 1 amide bonds.